The molecule has 0 saturated heterocycles. The molecule has 0 fully saturated rings. The van der Waals surface area contributed by atoms with Crippen LogP contribution in [0.15, 0.2) is 16.7 Å². The average molecular weight is 329 g/mol. The monoisotopic (exact) mass is 327 g/mol. The maximum atomic E-state index is 11.0. The second kappa shape index (κ2) is 3.73. The Morgan fingerprint density at radius 1 is 1.56 bits per heavy atom. The van der Waals surface area contributed by atoms with Gasteiger partial charge in [-0.05, 0) is 40.5 Å². The molecule has 92 valence electrons. The molecule has 0 saturated carbocycles. The molecular weight excluding hydrogens is 321 g/mol. The van der Waals surface area contributed by atoms with E-state index >= 15 is 0 Å². The van der Waals surface area contributed by atoms with Gasteiger partial charge in [-0.1, -0.05) is 11.6 Å². The number of carboxylic acids is 1. The molecule has 1 aromatic carbocycles. The van der Waals surface area contributed by atoms with E-state index < -0.39 is 5.97 Å². The molecule has 5 nitrogen and oxygen atoms in total. The molecule has 0 aliphatic rings. The third kappa shape index (κ3) is 1.46. The van der Waals surface area contributed by atoms with Gasteiger partial charge >= 0.3 is 5.97 Å². The number of nitrogens with zero attached hydrogens (tertiary/aromatic N) is 2. The zero-order valence-electron chi connectivity index (χ0n) is 9.16. The molecule has 3 aromatic rings. The Morgan fingerprint density at radius 3 is 2.94 bits per heavy atom. The van der Waals surface area contributed by atoms with Crippen LogP contribution in [-0.2, 0) is 0 Å². The van der Waals surface area contributed by atoms with Crippen LogP contribution in [0, 0.1) is 6.92 Å². The number of nitrogens with one attached hydrogen (secondary N) is 1. The summed E-state index contributed by atoms with van der Waals surface area (Å²) in [6.07, 6.45) is 0. The molecule has 0 amide bonds. The highest BCUT2D eigenvalue weighted by Crippen LogP contribution is 2.28. The summed E-state index contributed by atoms with van der Waals surface area (Å²) in [5, 5.41) is 9.63. The van der Waals surface area contributed by atoms with Crippen molar-refractivity contribution in [2.75, 3.05) is 0 Å². The zero-order chi connectivity index (χ0) is 13.0. The van der Waals surface area contributed by atoms with Crippen molar-refractivity contribution >= 4 is 50.3 Å². The summed E-state index contributed by atoms with van der Waals surface area (Å²) < 4.78 is 2.12. The van der Waals surface area contributed by atoms with Crippen molar-refractivity contribution < 1.29 is 9.90 Å². The maximum Gasteiger partial charge on any atom is 0.355 e. The van der Waals surface area contributed by atoms with Gasteiger partial charge in [-0.15, -0.1) is 0 Å². The number of carbonyl (C=O) groups is 1. The number of aromatic nitrogens is 3. The van der Waals surface area contributed by atoms with Crippen LogP contribution >= 0.6 is 27.5 Å². The van der Waals surface area contributed by atoms with E-state index in [-0.39, 0.29) is 5.69 Å². The normalized spacial score (nSPS) is 11.5. The number of hydrogen-bond donors (Lipinski definition) is 2. The van der Waals surface area contributed by atoms with E-state index in [9.17, 15) is 4.79 Å². The molecule has 0 bridgehead atoms. The van der Waals surface area contributed by atoms with Crippen LogP contribution in [0.1, 0.15) is 16.1 Å². The highest BCUT2D eigenvalue weighted by Gasteiger charge is 2.19. The molecule has 2 heterocycles. The Labute approximate surface area is 115 Å². The van der Waals surface area contributed by atoms with Gasteiger partial charge in [-0.2, -0.15) is 0 Å². The predicted molar refractivity (Wildman–Crippen MR) is 71.5 cm³/mol. The fourth-order valence-corrected chi connectivity index (χ4v) is 2.90. The summed E-state index contributed by atoms with van der Waals surface area (Å²) in [6.45, 7) is 1.91. The molecule has 0 spiro atoms. The van der Waals surface area contributed by atoms with Gasteiger partial charge in [-0.3, -0.25) is 4.40 Å². The molecule has 0 radical (unpaired) electrons. The van der Waals surface area contributed by atoms with Crippen LogP contribution in [0.4, 0.5) is 0 Å². The first-order valence-electron chi connectivity index (χ1n) is 5.08. The molecule has 18 heavy (non-hydrogen) atoms. The maximum absolute atomic E-state index is 11.0. The molecule has 0 unspecified atom stereocenters. The van der Waals surface area contributed by atoms with E-state index in [2.05, 4.69) is 25.9 Å². The molecule has 2 aromatic heterocycles. The van der Waals surface area contributed by atoms with Crippen molar-refractivity contribution in [3.63, 3.8) is 0 Å². The van der Waals surface area contributed by atoms with Gasteiger partial charge in [0.25, 0.3) is 0 Å². The number of rotatable bonds is 1. The molecule has 0 aliphatic heterocycles. The lowest BCUT2D eigenvalue weighted by Crippen LogP contribution is -1.97. The van der Waals surface area contributed by atoms with Gasteiger partial charge < -0.3 is 10.1 Å². The minimum Gasteiger partial charge on any atom is -0.476 e. The van der Waals surface area contributed by atoms with Crippen LogP contribution in [-0.4, -0.2) is 25.4 Å². The van der Waals surface area contributed by atoms with Gasteiger partial charge in [-0.25, -0.2) is 9.78 Å². The number of benzene rings is 1. The third-order valence-corrected chi connectivity index (χ3v) is 3.74. The number of imidazole rings is 2. The molecule has 3 rings (SSSR count). The van der Waals surface area contributed by atoms with Crippen LogP contribution in [0.3, 0.4) is 0 Å². The lowest BCUT2D eigenvalue weighted by atomic mass is 10.2. The SMILES string of the molecule is Cc1cc(Cl)cc2c1nc1[nH]c(C(=O)O)c(Br)n12. The number of aromatic carboxylic acids is 1. The van der Waals surface area contributed by atoms with E-state index in [1.165, 1.54) is 0 Å². The van der Waals surface area contributed by atoms with Gasteiger partial charge in [0.15, 0.2) is 5.69 Å². The molecular formula is C11H7BrClN3O2. The fourth-order valence-electron chi connectivity index (χ4n) is 2.00. The number of carboxylic acid groups (broad SMARTS) is 1. The lowest BCUT2D eigenvalue weighted by molar-refractivity contribution is 0.0690. The van der Waals surface area contributed by atoms with Gasteiger partial charge in [0, 0.05) is 5.02 Å². The van der Waals surface area contributed by atoms with Crippen LogP contribution in [0.25, 0.3) is 16.8 Å². The second-order valence-electron chi connectivity index (χ2n) is 3.96. The van der Waals surface area contributed by atoms with E-state index in [0.29, 0.717) is 15.4 Å². The second-order valence-corrected chi connectivity index (χ2v) is 5.14. The average Bonchev–Trinajstić information content (AvgIpc) is 2.77. The van der Waals surface area contributed by atoms with Gasteiger partial charge in [0.1, 0.15) is 4.60 Å². The van der Waals surface area contributed by atoms with Crippen molar-refractivity contribution in [2.24, 2.45) is 0 Å². The predicted octanol–water partition coefficient (Wildman–Crippen LogP) is 3.24. The Balaban J connectivity index is 2.51. The summed E-state index contributed by atoms with van der Waals surface area (Å²) >= 11 is 9.29. The first-order valence-corrected chi connectivity index (χ1v) is 6.25. The van der Waals surface area contributed by atoms with Crippen molar-refractivity contribution in [3.8, 4) is 0 Å². The summed E-state index contributed by atoms with van der Waals surface area (Å²) in [4.78, 5) is 18.2. The van der Waals surface area contributed by atoms with E-state index in [1.807, 2.05) is 13.0 Å². The quantitative estimate of drug-likeness (QED) is 0.720. The zero-order valence-corrected chi connectivity index (χ0v) is 11.5. The van der Waals surface area contributed by atoms with Crippen LogP contribution in [0.2, 0.25) is 5.02 Å². The summed E-state index contributed by atoms with van der Waals surface area (Å²) in [6, 6.07) is 3.58. The number of fused-ring (bicyclic) bond motifs is 3. The first-order chi connectivity index (χ1) is 8.49. The topological polar surface area (TPSA) is 70.4 Å². The number of aryl methyl sites for hydroxylation is 1. The van der Waals surface area contributed by atoms with Crippen LogP contribution < -0.4 is 0 Å². The standard InChI is InChI=1S/C11H7BrClN3O2/c1-4-2-5(13)3-6-7(4)14-11-15-8(10(17)18)9(12)16(6)11/h2-3H,1H3,(H,14,15)(H,17,18). The number of hydrogen-bond acceptors (Lipinski definition) is 2. The highest BCUT2D eigenvalue weighted by atomic mass is 79.9. The van der Waals surface area contributed by atoms with Crippen LogP contribution in [0.5, 0.6) is 0 Å². The molecule has 2 N–H and O–H groups in total. The van der Waals surface area contributed by atoms with Crippen molar-refractivity contribution in [1.29, 1.82) is 0 Å². The van der Waals surface area contributed by atoms with Gasteiger partial charge in [0.05, 0.1) is 11.0 Å². The Kier molecular flexibility index (Phi) is 2.39. The summed E-state index contributed by atoms with van der Waals surface area (Å²) in [5.74, 6) is -0.570. The highest BCUT2D eigenvalue weighted by molar-refractivity contribution is 9.10. The van der Waals surface area contributed by atoms with Crippen molar-refractivity contribution in [1.82, 2.24) is 14.4 Å². The van der Waals surface area contributed by atoms with E-state index in [1.54, 1.807) is 10.5 Å². The van der Waals surface area contributed by atoms with Crippen molar-refractivity contribution in [2.45, 2.75) is 6.92 Å². The summed E-state index contributed by atoms with van der Waals surface area (Å²) in [5.41, 5.74) is 2.57. The lowest BCUT2D eigenvalue weighted by Gasteiger charge is -1.98. The Morgan fingerprint density at radius 2 is 2.28 bits per heavy atom. The number of aromatic amines is 1. The third-order valence-electron chi connectivity index (χ3n) is 2.77. The minimum atomic E-state index is -1.04. The largest absolute Gasteiger partial charge is 0.476 e. The van der Waals surface area contributed by atoms with E-state index in [4.69, 9.17) is 16.7 Å². The molecule has 0 aliphatic carbocycles. The first kappa shape index (κ1) is 11.6. The van der Waals surface area contributed by atoms with E-state index in [0.717, 1.165) is 16.6 Å². The Hall–Kier alpha value is -1.53. The molecule has 0 atom stereocenters. The smallest absolute Gasteiger partial charge is 0.355 e. The van der Waals surface area contributed by atoms with Crippen molar-refractivity contribution in [3.05, 3.63) is 33.0 Å². The number of H-pyrrole nitrogens is 1. The van der Waals surface area contributed by atoms with Gasteiger partial charge in [0.2, 0.25) is 5.78 Å². The minimum absolute atomic E-state index is 0.0667. The summed E-state index contributed by atoms with van der Waals surface area (Å²) in [7, 11) is 0. The Bertz CT molecular complexity index is 806. The number of halogens is 2. The molecule has 7 heteroatoms. The fraction of sp³-hybridized carbons (Fsp3) is 0.0909.